The molecular formula is C14H21NO4. The van der Waals surface area contributed by atoms with Crippen molar-refractivity contribution < 1.29 is 19.7 Å². The maximum Gasteiger partial charge on any atom is 0.322 e. The zero-order chi connectivity index (χ0) is 14.4. The molecule has 0 radical (unpaired) electrons. The fraction of sp³-hybridized carbons (Fsp3) is 0.500. The minimum Gasteiger partial charge on any atom is -0.508 e. The van der Waals surface area contributed by atoms with E-state index in [4.69, 9.17) is 5.73 Å². The molecule has 0 fully saturated rings. The molecule has 0 spiro atoms. The van der Waals surface area contributed by atoms with E-state index in [0.717, 1.165) is 12.0 Å². The van der Waals surface area contributed by atoms with E-state index in [2.05, 4.69) is 4.74 Å². The van der Waals surface area contributed by atoms with Crippen LogP contribution in [-0.4, -0.2) is 29.3 Å². The SMILES string of the molecule is COC(=O)C(N)CC(C)CCc1ccc(O)cc1O. The second-order valence-electron chi connectivity index (χ2n) is 4.82. The van der Waals surface area contributed by atoms with Crippen molar-refractivity contribution in [2.75, 3.05) is 7.11 Å². The number of nitrogens with two attached hydrogens (primary N) is 1. The Hall–Kier alpha value is -1.75. The number of aromatic hydroxyl groups is 2. The van der Waals surface area contributed by atoms with E-state index in [9.17, 15) is 15.0 Å². The van der Waals surface area contributed by atoms with Gasteiger partial charge >= 0.3 is 5.97 Å². The molecule has 0 aliphatic carbocycles. The molecular weight excluding hydrogens is 246 g/mol. The molecule has 1 rings (SSSR count). The highest BCUT2D eigenvalue weighted by Crippen LogP contribution is 2.25. The minimum atomic E-state index is -0.603. The van der Waals surface area contributed by atoms with Crippen LogP contribution in [-0.2, 0) is 16.0 Å². The van der Waals surface area contributed by atoms with Gasteiger partial charge in [0.1, 0.15) is 17.5 Å². The molecule has 19 heavy (non-hydrogen) atoms. The topological polar surface area (TPSA) is 92.8 Å². The van der Waals surface area contributed by atoms with Gasteiger partial charge in [-0.15, -0.1) is 0 Å². The number of carbonyl (C=O) groups excluding carboxylic acids is 1. The first kappa shape index (κ1) is 15.3. The number of benzene rings is 1. The van der Waals surface area contributed by atoms with Gasteiger partial charge in [0, 0.05) is 6.07 Å². The fourth-order valence-electron chi connectivity index (χ4n) is 1.96. The molecule has 106 valence electrons. The maximum absolute atomic E-state index is 11.2. The highest BCUT2D eigenvalue weighted by molar-refractivity contribution is 5.75. The molecule has 5 nitrogen and oxygen atoms in total. The van der Waals surface area contributed by atoms with Crippen LogP contribution in [0.1, 0.15) is 25.3 Å². The summed E-state index contributed by atoms with van der Waals surface area (Å²) < 4.78 is 4.58. The van der Waals surface area contributed by atoms with E-state index in [1.54, 1.807) is 12.1 Å². The zero-order valence-electron chi connectivity index (χ0n) is 11.3. The average Bonchev–Trinajstić information content (AvgIpc) is 2.36. The van der Waals surface area contributed by atoms with Gasteiger partial charge in [0.25, 0.3) is 0 Å². The number of methoxy groups -OCH3 is 1. The summed E-state index contributed by atoms with van der Waals surface area (Å²) in [5.74, 6) is -0.0342. The number of ether oxygens (including phenoxy) is 1. The molecule has 2 unspecified atom stereocenters. The Balaban J connectivity index is 2.45. The number of aryl methyl sites for hydroxylation is 1. The van der Waals surface area contributed by atoms with Crippen molar-refractivity contribution in [2.24, 2.45) is 11.7 Å². The molecule has 1 aromatic carbocycles. The molecule has 1 aromatic rings. The van der Waals surface area contributed by atoms with Gasteiger partial charge in [-0.2, -0.15) is 0 Å². The fourth-order valence-corrected chi connectivity index (χ4v) is 1.96. The summed E-state index contributed by atoms with van der Waals surface area (Å²) in [5, 5.41) is 18.8. The van der Waals surface area contributed by atoms with E-state index < -0.39 is 12.0 Å². The second kappa shape index (κ2) is 6.99. The lowest BCUT2D eigenvalue weighted by Gasteiger charge is -2.15. The summed E-state index contributed by atoms with van der Waals surface area (Å²) in [6, 6.07) is 3.95. The second-order valence-corrected chi connectivity index (χ2v) is 4.82. The molecule has 0 aromatic heterocycles. The molecule has 0 saturated heterocycles. The van der Waals surface area contributed by atoms with Crippen molar-refractivity contribution in [1.82, 2.24) is 0 Å². The predicted molar refractivity (Wildman–Crippen MR) is 71.9 cm³/mol. The Morgan fingerprint density at radius 3 is 2.68 bits per heavy atom. The number of phenolic OH excluding ortho intramolecular Hbond substituents is 2. The highest BCUT2D eigenvalue weighted by Gasteiger charge is 2.17. The van der Waals surface area contributed by atoms with E-state index in [0.29, 0.717) is 12.8 Å². The molecule has 4 N–H and O–H groups in total. The van der Waals surface area contributed by atoms with Crippen LogP contribution in [0.4, 0.5) is 0 Å². The van der Waals surface area contributed by atoms with Crippen LogP contribution in [0.3, 0.4) is 0 Å². The quantitative estimate of drug-likeness (QED) is 0.680. The first-order chi connectivity index (χ1) is 8.93. The van der Waals surface area contributed by atoms with Crippen LogP contribution in [0.2, 0.25) is 0 Å². The van der Waals surface area contributed by atoms with Crippen LogP contribution in [0.15, 0.2) is 18.2 Å². The molecule has 0 aliphatic heterocycles. The van der Waals surface area contributed by atoms with E-state index in [1.165, 1.54) is 13.2 Å². The van der Waals surface area contributed by atoms with Crippen molar-refractivity contribution >= 4 is 5.97 Å². The van der Waals surface area contributed by atoms with Gasteiger partial charge in [-0.25, -0.2) is 0 Å². The summed E-state index contributed by atoms with van der Waals surface area (Å²) in [7, 11) is 1.32. The number of hydrogen-bond donors (Lipinski definition) is 3. The summed E-state index contributed by atoms with van der Waals surface area (Å²) in [6.07, 6.45) is 2.01. The Kier molecular flexibility index (Phi) is 5.63. The van der Waals surface area contributed by atoms with Crippen LogP contribution < -0.4 is 5.73 Å². The van der Waals surface area contributed by atoms with Gasteiger partial charge < -0.3 is 20.7 Å². The lowest BCUT2D eigenvalue weighted by molar-refractivity contribution is -0.142. The Morgan fingerprint density at radius 2 is 2.11 bits per heavy atom. The lowest BCUT2D eigenvalue weighted by atomic mass is 9.94. The number of phenols is 2. The number of carbonyl (C=O) groups is 1. The molecule has 0 bridgehead atoms. The van der Waals surface area contributed by atoms with Gasteiger partial charge in [0.15, 0.2) is 0 Å². The van der Waals surface area contributed by atoms with Crippen molar-refractivity contribution in [3.8, 4) is 11.5 Å². The lowest BCUT2D eigenvalue weighted by Crippen LogP contribution is -2.33. The third-order valence-corrected chi connectivity index (χ3v) is 3.14. The van der Waals surface area contributed by atoms with Gasteiger partial charge in [-0.1, -0.05) is 13.0 Å². The van der Waals surface area contributed by atoms with Gasteiger partial charge in [0.2, 0.25) is 0 Å². The highest BCUT2D eigenvalue weighted by atomic mass is 16.5. The summed E-state index contributed by atoms with van der Waals surface area (Å²) in [6.45, 7) is 2.00. The predicted octanol–water partition coefficient (Wildman–Crippen LogP) is 1.56. The van der Waals surface area contributed by atoms with Gasteiger partial charge in [0.05, 0.1) is 7.11 Å². The number of hydrogen-bond acceptors (Lipinski definition) is 5. The van der Waals surface area contributed by atoms with E-state index in [1.807, 2.05) is 6.92 Å². The largest absolute Gasteiger partial charge is 0.508 e. The van der Waals surface area contributed by atoms with Crippen molar-refractivity contribution in [3.63, 3.8) is 0 Å². The van der Waals surface area contributed by atoms with Crippen LogP contribution in [0, 0.1) is 5.92 Å². The minimum absolute atomic E-state index is 0.0435. The average molecular weight is 267 g/mol. The standard InChI is InChI=1S/C14H21NO4/c1-9(7-12(15)14(18)19-2)3-4-10-5-6-11(16)8-13(10)17/h5-6,8-9,12,16-17H,3-4,7,15H2,1-2H3. The Morgan fingerprint density at radius 1 is 1.42 bits per heavy atom. The van der Waals surface area contributed by atoms with Crippen molar-refractivity contribution in [3.05, 3.63) is 23.8 Å². The number of esters is 1. The summed E-state index contributed by atoms with van der Waals surface area (Å²) >= 11 is 0. The molecule has 2 atom stereocenters. The van der Waals surface area contributed by atoms with Crippen LogP contribution in [0.5, 0.6) is 11.5 Å². The van der Waals surface area contributed by atoms with Crippen LogP contribution >= 0.6 is 0 Å². The monoisotopic (exact) mass is 267 g/mol. The van der Waals surface area contributed by atoms with Crippen molar-refractivity contribution in [2.45, 2.75) is 32.2 Å². The maximum atomic E-state index is 11.2. The first-order valence-electron chi connectivity index (χ1n) is 6.28. The summed E-state index contributed by atoms with van der Waals surface area (Å²) in [4.78, 5) is 11.2. The smallest absolute Gasteiger partial charge is 0.322 e. The van der Waals surface area contributed by atoms with E-state index in [-0.39, 0.29) is 17.4 Å². The summed E-state index contributed by atoms with van der Waals surface area (Å²) in [5.41, 5.74) is 6.46. The van der Waals surface area contributed by atoms with Crippen LogP contribution in [0.25, 0.3) is 0 Å². The van der Waals surface area contributed by atoms with Crippen molar-refractivity contribution in [1.29, 1.82) is 0 Å². The van der Waals surface area contributed by atoms with Gasteiger partial charge in [-0.05, 0) is 36.8 Å². The molecule has 0 amide bonds. The van der Waals surface area contributed by atoms with E-state index >= 15 is 0 Å². The van der Waals surface area contributed by atoms with Gasteiger partial charge in [-0.3, -0.25) is 4.79 Å². The Labute approximate surface area is 113 Å². The molecule has 5 heteroatoms. The molecule has 0 aliphatic rings. The molecule has 0 heterocycles. The third kappa shape index (κ3) is 4.79. The number of rotatable bonds is 6. The normalized spacial score (nSPS) is 13.8. The first-order valence-corrected chi connectivity index (χ1v) is 6.28. The molecule has 0 saturated carbocycles. The third-order valence-electron chi connectivity index (χ3n) is 3.14. The Bertz CT molecular complexity index is 433. The zero-order valence-corrected chi connectivity index (χ0v) is 11.3.